The van der Waals surface area contributed by atoms with Crippen LogP contribution in [0.2, 0.25) is 0 Å². The summed E-state index contributed by atoms with van der Waals surface area (Å²) in [6.45, 7) is 7.55. The summed E-state index contributed by atoms with van der Waals surface area (Å²) in [7, 11) is 0. The predicted octanol–water partition coefficient (Wildman–Crippen LogP) is 3.58. The van der Waals surface area contributed by atoms with Crippen molar-refractivity contribution in [3.8, 4) is 17.0 Å². The van der Waals surface area contributed by atoms with Crippen LogP contribution >= 0.6 is 0 Å². The summed E-state index contributed by atoms with van der Waals surface area (Å²) in [6.07, 6.45) is 0.0296. The van der Waals surface area contributed by atoms with Gasteiger partial charge in [0.05, 0.1) is 29.5 Å². The molecule has 2 aromatic carbocycles. The highest BCUT2D eigenvalue weighted by molar-refractivity contribution is 6.04. The van der Waals surface area contributed by atoms with E-state index in [2.05, 4.69) is 15.6 Å². The van der Waals surface area contributed by atoms with E-state index in [-0.39, 0.29) is 52.9 Å². The summed E-state index contributed by atoms with van der Waals surface area (Å²) in [5.74, 6) is -0.354. The molecule has 0 aliphatic rings. The third-order valence-electron chi connectivity index (χ3n) is 5.73. The zero-order valence-electron chi connectivity index (χ0n) is 23.6. The second-order valence-electron chi connectivity index (χ2n) is 10.1. The molecule has 0 aliphatic carbocycles. The molecule has 0 fully saturated rings. The van der Waals surface area contributed by atoms with Crippen LogP contribution in [0.3, 0.4) is 0 Å². The zero-order chi connectivity index (χ0) is 31.0. The van der Waals surface area contributed by atoms with Crippen LogP contribution < -0.4 is 26.2 Å². The molecule has 0 radical (unpaired) electrons. The summed E-state index contributed by atoms with van der Waals surface area (Å²) in [5, 5.41) is 35.8. The Balaban J connectivity index is 1.91. The van der Waals surface area contributed by atoms with Crippen LogP contribution in [0.5, 0.6) is 5.75 Å². The fraction of sp³-hybridized carbons (Fsp3) is 0.321. The fourth-order valence-corrected chi connectivity index (χ4v) is 3.80. The van der Waals surface area contributed by atoms with E-state index in [4.69, 9.17) is 15.3 Å². The van der Waals surface area contributed by atoms with E-state index in [9.17, 15) is 24.5 Å². The summed E-state index contributed by atoms with van der Waals surface area (Å²) < 4.78 is 6.92. The smallest absolute Gasteiger partial charge is 0.410 e. The minimum atomic E-state index is -1.35. The number of hydrogen-bond acceptors (Lipinski definition) is 9. The van der Waals surface area contributed by atoms with Crippen molar-refractivity contribution in [3.05, 3.63) is 80.3 Å². The van der Waals surface area contributed by atoms with Gasteiger partial charge in [0.25, 0.3) is 11.2 Å². The van der Waals surface area contributed by atoms with Gasteiger partial charge in [-0.25, -0.2) is 9.78 Å². The van der Waals surface area contributed by atoms with E-state index in [0.717, 1.165) is 0 Å². The molecule has 0 bridgehead atoms. The molecule has 0 spiro atoms. The number of nitrogens with zero attached hydrogens (tertiary/aromatic N) is 3. The van der Waals surface area contributed by atoms with Crippen molar-refractivity contribution in [3.63, 3.8) is 0 Å². The van der Waals surface area contributed by atoms with Crippen molar-refractivity contribution in [2.75, 3.05) is 11.9 Å². The Kier molecular flexibility index (Phi) is 10.3. The number of carboxylic acid groups (broad SMARTS) is 1. The van der Waals surface area contributed by atoms with Gasteiger partial charge >= 0.3 is 6.09 Å². The van der Waals surface area contributed by atoms with Gasteiger partial charge in [-0.3, -0.25) is 35.0 Å². The highest BCUT2D eigenvalue weighted by Crippen LogP contribution is 2.30. The largest absolute Gasteiger partial charge is 0.493 e. The number of amides is 2. The molecule has 3 rings (SSSR count). The number of hydrogen-bond donors (Lipinski definition) is 5. The molecule has 0 atom stereocenters. The first kappa shape index (κ1) is 31.3. The monoisotopic (exact) mass is 579 g/mol. The lowest BCUT2D eigenvalue weighted by Gasteiger charge is -2.17. The van der Waals surface area contributed by atoms with Crippen molar-refractivity contribution >= 4 is 29.3 Å². The third kappa shape index (κ3) is 8.61. The van der Waals surface area contributed by atoms with E-state index in [1.807, 2.05) is 33.0 Å². The van der Waals surface area contributed by atoms with Crippen LogP contribution in [-0.4, -0.2) is 50.1 Å². The number of aromatic nitrogens is 2. The number of amidine groups is 1. The van der Waals surface area contributed by atoms with Gasteiger partial charge in [0, 0.05) is 29.8 Å². The SMILES string of the molecule is CC(C)COc1cc(-c2cnc(NC(C)C)c(=O)n2CC(=O)NCc2ccc(C(=N)NC(=O)O)cc2)cc([N+](=O)[O-])c1. The number of nitrogens with one attached hydrogen (secondary N) is 4. The van der Waals surface area contributed by atoms with E-state index in [1.165, 1.54) is 35.0 Å². The van der Waals surface area contributed by atoms with Crippen molar-refractivity contribution in [1.29, 1.82) is 5.41 Å². The van der Waals surface area contributed by atoms with Crippen LogP contribution in [0.1, 0.15) is 38.8 Å². The summed E-state index contributed by atoms with van der Waals surface area (Å²) >= 11 is 0. The van der Waals surface area contributed by atoms with Gasteiger partial charge in [-0.1, -0.05) is 38.1 Å². The van der Waals surface area contributed by atoms with Gasteiger partial charge in [-0.15, -0.1) is 0 Å². The normalized spacial score (nSPS) is 10.8. The Morgan fingerprint density at radius 2 is 1.83 bits per heavy atom. The summed E-state index contributed by atoms with van der Waals surface area (Å²) in [5.41, 5.74) is 0.668. The minimum absolute atomic E-state index is 0.0243. The highest BCUT2D eigenvalue weighted by Gasteiger charge is 2.19. The van der Waals surface area contributed by atoms with Crippen molar-refractivity contribution in [1.82, 2.24) is 20.2 Å². The molecule has 222 valence electrons. The average molecular weight is 580 g/mol. The molecule has 14 heteroatoms. The second-order valence-corrected chi connectivity index (χ2v) is 10.1. The molecule has 0 unspecified atom stereocenters. The maximum absolute atomic E-state index is 13.4. The quantitative estimate of drug-likeness (QED) is 0.0920. The standard InChI is InChI=1S/C28H33N7O7/c1-16(2)15-42-22-10-20(9-21(11-22)35(40)41)23-13-31-26(32-17(3)4)27(37)34(23)14-24(36)30-12-18-5-7-19(8-6-18)25(29)33-28(38)39/h5-11,13,16-17H,12,14-15H2,1-4H3,(H2,29,33)(H,30,36)(H,31,32)(H,38,39). The van der Waals surface area contributed by atoms with Crippen molar-refractivity contribution in [2.24, 2.45) is 5.92 Å². The summed E-state index contributed by atoms with van der Waals surface area (Å²) in [6, 6.07) is 10.4. The lowest BCUT2D eigenvalue weighted by molar-refractivity contribution is -0.384. The number of nitro benzene ring substituents is 1. The number of benzene rings is 2. The highest BCUT2D eigenvalue weighted by atomic mass is 16.6. The Morgan fingerprint density at radius 3 is 2.43 bits per heavy atom. The molecule has 5 N–H and O–H groups in total. The van der Waals surface area contributed by atoms with Gasteiger partial charge in [0.15, 0.2) is 5.82 Å². The van der Waals surface area contributed by atoms with Crippen LogP contribution in [0.4, 0.5) is 16.3 Å². The number of carbonyl (C=O) groups is 2. The molecular formula is C28H33N7O7. The number of non-ortho nitro benzene ring substituents is 1. The molecule has 0 aliphatic heterocycles. The molecule has 2 amide bonds. The maximum atomic E-state index is 13.4. The van der Waals surface area contributed by atoms with Gasteiger partial charge in [-0.05, 0) is 31.4 Å². The second kappa shape index (κ2) is 13.9. The first-order chi connectivity index (χ1) is 19.8. The van der Waals surface area contributed by atoms with Gasteiger partial charge in [-0.2, -0.15) is 0 Å². The molecule has 1 aromatic heterocycles. The molecule has 14 nitrogen and oxygen atoms in total. The molecule has 1 heterocycles. The van der Waals surface area contributed by atoms with E-state index in [1.54, 1.807) is 18.2 Å². The Hall–Kier alpha value is -5.27. The number of ether oxygens (including phenoxy) is 1. The van der Waals surface area contributed by atoms with Crippen LogP contribution in [0, 0.1) is 21.4 Å². The number of nitro groups is 1. The predicted molar refractivity (Wildman–Crippen MR) is 156 cm³/mol. The van der Waals surface area contributed by atoms with Crippen LogP contribution in [0.25, 0.3) is 11.3 Å². The average Bonchev–Trinajstić information content (AvgIpc) is 2.92. The first-order valence-corrected chi connectivity index (χ1v) is 13.1. The molecule has 3 aromatic rings. The number of anilines is 1. The number of carbonyl (C=O) groups excluding carboxylic acids is 1. The Morgan fingerprint density at radius 1 is 1.14 bits per heavy atom. The topological polar surface area (TPSA) is 202 Å². The lowest BCUT2D eigenvalue weighted by Crippen LogP contribution is -2.35. The molecule has 42 heavy (non-hydrogen) atoms. The van der Waals surface area contributed by atoms with E-state index in [0.29, 0.717) is 17.7 Å². The maximum Gasteiger partial charge on any atom is 0.410 e. The lowest BCUT2D eigenvalue weighted by atomic mass is 10.1. The third-order valence-corrected chi connectivity index (χ3v) is 5.73. The number of rotatable bonds is 12. The Labute approximate surface area is 241 Å². The molecule has 0 saturated carbocycles. The minimum Gasteiger partial charge on any atom is -0.493 e. The van der Waals surface area contributed by atoms with Gasteiger partial charge in [0.2, 0.25) is 5.91 Å². The van der Waals surface area contributed by atoms with Crippen LogP contribution in [-0.2, 0) is 17.9 Å². The summed E-state index contributed by atoms with van der Waals surface area (Å²) in [4.78, 5) is 52.5. The Bertz CT molecular complexity index is 1530. The zero-order valence-corrected chi connectivity index (χ0v) is 23.6. The van der Waals surface area contributed by atoms with Gasteiger partial charge < -0.3 is 20.5 Å². The van der Waals surface area contributed by atoms with Gasteiger partial charge in [0.1, 0.15) is 18.1 Å². The van der Waals surface area contributed by atoms with E-state index >= 15 is 0 Å². The molecule has 0 saturated heterocycles. The fourth-order valence-electron chi connectivity index (χ4n) is 3.80. The molecular weight excluding hydrogens is 546 g/mol. The van der Waals surface area contributed by atoms with Crippen molar-refractivity contribution in [2.45, 2.75) is 46.8 Å². The van der Waals surface area contributed by atoms with Crippen LogP contribution in [0.15, 0.2) is 53.5 Å². The first-order valence-electron chi connectivity index (χ1n) is 13.1. The van der Waals surface area contributed by atoms with Crippen molar-refractivity contribution < 1.29 is 24.4 Å². The van der Waals surface area contributed by atoms with E-state index < -0.39 is 29.0 Å².